The van der Waals surface area contributed by atoms with Gasteiger partial charge in [0, 0.05) is 18.1 Å². The number of thiazole rings is 1. The summed E-state index contributed by atoms with van der Waals surface area (Å²) in [7, 11) is 1.83. The van der Waals surface area contributed by atoms with Crippen LogP contribution in [-0.2, 0) is 11.2 Å². The van der Waals surface area contributed by atoms with E-state index >= 15 is 0 Å². The lowest BCUT2D eigenvalue weighted by atomic mass is 10.1. The molecule has 5 heteroatoms. The predicted octanol–water partition coefficient (Wildman–Crippen LogP) is 3.23. The summed E-state index contributed by atoms with van der Waals surface area (Å²) in [6, 6.07) is 3.84. The summed E-state index contributed by atoms with van der Waals surface area (Å²) in [5, 5.41) is 1.04. The highest BCUT2D eigenvalue weighted by atomic mass is 32.1. The average molecular weight is 303 g/mol. The molecule has 0 aliphatic carbocycles. The topological polar surface area (TPSA) is 46.1 Å². The number of aromatic nitrogens is 2. The Labute approximate surface area is 129 Å². The lowest BCUT2D eigenvalue weighted by Crippen LogP contribution is -2.31. The summed E-state index contributed by atoms with van der Waals surface area (Å²) in [6.07, 6.45) is 2.06. The molecular formula is C16H21N3OS. The van der Waals surface area contributed by atoms with E-state index in [1.807, 2.05) is 40.0 Å². The Kier molecular flexibility index (Phi) is 4.73. The van der Waals surface area contributed by atoms with Gasteiger partial charge in [0.1, 0.15) is 0 Å². The highest BCUT2D eigenvalue weighted by Gasteiger charge is 2.22. The average Bonchev–Trinajstić information content (AvgIpc) is 2.78. The number of pyridine rings is 1. The van der Waals surface area contributed by atoms with Crippen molar-refractivity contribution in [2.75, 3.05) is 7.05 Å². The van der Waals surface area contributed by atoms with Crippen molar-refractivity contribution in [3.05, 3.63) is 45.2 Å². The minimum absolute atomic E-state index is 0.0218. The molecule has 0 saturated carbocycles. The molecule has 0 fully saturated rings. The lowest BCUT2D eigenvalue weighted by molar-refractivity contribution is -0.131. The first kappa shape index (κ1) is 15.6. The van der Waals surface area contributed by atoms with Crippen molar-refractivity contribution in [2.24, 2.45) is 0 Å². The Morgan fingerprint density at radius 2 is 2.10 bits per heavy atom. The molecule has 1 atom stereocenters. The van der Waals surface area contributed by atoms with Gasteiger partial charge in [0.15, 0.2) is 0 Å². The van der Waals surface area contributed by atoms with Gasteiger partial charge in [-0.2, -0.15) is 0 Å². The van der Waals surface area contributed by atoms with E-state index < -0.39 is 0 Å². The number of carbonyl (C=O) groups is 1. The van der Waals surface area contributed by atoms with E-state index in [0.717, 1.165) is 22.0 Å². The van der Waals surface area contributed by atoms with Crippen molar-refractivity contribution in [3.8, 4) is 0 Å². The van der Waals surface area contributed by atoms with Crippen molar-refractivity contribution in [1.29, 1.82) is 0 Å². The zero-order chi connectivity index (χ0) is 15.6. The van der Waals surface area contributed by atoms with Crippen LogP contribution in [0.5, 0.6) is 0 Å². The van der Waals surface area contributed by atoms with E-state index in [4.69, 9.17) is 0 Å². The quantitative estimate of drug-likeness (QED) is 0.871. The van der Waals surface area contributed by atoms with E-state index in [1.54, 1.807) is 22.4 Å². The van der Waals surface area contributed by atoms with Crippen molar-refractivity contribution >= 4 is 17.2 Å². The Hall–Kier alpha value is -1.75. The second kappa shape index (κ2) is 6.35. The van der Waals surface area contributed by atoms with Crippen LogP contribution in [0.2, 0.25) is 0 Å². The molecule has 0 saturated heterocycles. The van der Waals surface area contributed by atoms with Crippen LogP contribution >= 0.6 is 11.3 Å². The molecule has 2 aromatic rings. The lowest BCUT2D eigenvalue weighted by Gasteiger charge is -2.24. The Balaban J connectivity index is 2.12. The maximum absolute atomic E-state index is 12.5. The van der Waals surface area contributed by atoms with Gasteiger partial charge in [-0.25, -0.2) is 4.98 Å². The summed E-state index contributed by atoms with van der Waals surface area (Å²) in [5.74, 6) is 0.0642. The third-order valence-electron chi connectivity index (χ3n) is 3.75. The minimum atomic E-state index is -0.0218. The highest BCUT2D eigenvalue weighted by Crippen LogP contribution is 2.26. The molecule has 1 unspecified atom stereocenters. The molecule has 2 heterocycles. The molecule has 1 amide bonds. The van der Waals surface area contributed by atoms with E-state index in [0.29, 0.717) is 6.42 Å². The summed E-state index contributed by atoms with van der Waals surface area (Å²) >= 11 is 1.67. The van der Waals surface area contributed by atoms with Crippen LogP contribution in [0.15, 0.2) is 18.3 Å². The number of hydrogen-bond donors (Lipinski definition) is 0. The third kappa shape index (κ3) is 3.47. The maximum atomic E-state index is 12.5. The molecule has 0 radical (unpaired) electrons. The first-order valence-corrected chi connectivity index (χ1v) is 7.82. The standard InChI is InChI=1S/C16H21N3OS/c1-10-7-6-8-17-14(10)9-15(20)19(5)11(2)16-12(3)21-13(4)18-16/h6-8,11H,9H2,1-5H3. The first-order chi connectivity index (χ1) is 9.90. The molecule has 0 aliphatic rings. The van der Waals surface area contributed by atoms with Crippen LogP contribution in [0.1, 0.15) is 39.8 Å². The van der Waals surface area contributed by atoms with Gasteiger partial charge < -0.3 is 4.90 Å². The van der Waals surface area contributed by atoms with Gasteiger partial charge in [0.2, 0.25) is 5.91 Å². The van der Waals surface area contributed by atoms with Crippen molar-refractivity contribution in [2.45, 2.75) is 40.2 Å². The van der Waals surface area contributed by atoms with Crippen LogP contribution in [0.25, 0.3) is 0 Å². The number of amides is 1. The molecule has 112 valence electrons. The molecule has 0 aromatic carbocycles. The van der Waals surface area contributed by atoms with Crippen LogP contribution in [0.4, 0.5) is 0 Å². The van der Waals surface area contributed by atoms with E-state index in [9.17, 15) is 4.79 Å². The highest BCUT2D eigenvalue weighted by molar-refractivity contribution is 7.11. The number of hydrogen-bond acceptors (Lipinski definition) is 4. The molecule has 21 heavy (non-hydrogen) atoms. The first-order valence-electron chi connectivity index (χ1n) is 7.00. The van der Waals surface area contributed by atoms with Gasteiger partial charge in [-0.05, 0) is 39.3 Å². The number of aryl methyl sites for hydroxylation is 3. The van der Waals surface area contributed by atoms with Gasteiger partial charge in [-0.3, -0.25) is 9.78 Å². The Bertz CT molecular complexity index is 651. The molecule has 0 N–H and O–H groups in total. The zero-order valence-corrected chi connectivity index (χ0v) is 14.0. The molecular weight excluding hydrogens is 282 g/mol. The number of carbonyl (C=O) groups excluding carboxylic acids is 1. The second-order valence-corrected chi connectivity index (χ2v) is 6.71. The zero-order valence-electron chi connectivity index (χ0n) is 13.2. The predicted molar refractivity (Wildman–Crippen MR) is 85.5 cm³/mol. The summed E-state index contributed by atoms with van der Waals surface area (Å²) in [6.45, 7) is 8.04. The third-order valence-corrected chi connectivity index (χ3v) is 4.65. The van der Waals surface area contributed by atoms with Crippen LogP contribution in [0.3, 0.4) is 0 Å². The smallest absolute Gasteiger partial charge is 0.228 e. The van der Waals surface area contributed by atoms with Crippen LogP contribution < -0.4 is 0 Å². The van der Waals surface area contributed by atoms with E-state index in [-0.39, 0.29) is 11.9 Å². The maximum Gasteiger partial charge on any atom is 0.228 e. The van der Waals surface area contributed by atoms with E-state index in [1.165, 1.54) is 4.88 Å². The second-order valence-electron chi connectivity index (χ2n) is 5.30. The summed E-state index contributed by atoms with van der Waals surface area (Å²) in [5.41, 5.74) is 2.88. The number of nitrogens with zero attached hydrogens (tertiary/aromatic N) is 3. The van der Waals surface area contributed by atoms with Crippen molar-refractivity contribution < 1.29 is 4.79 Å². The Morgan fingerprint density at radius 1 is 1.38 bits per heavy atom. The SMILES string of the molecule is Cc1nc(C(C)N(C)C(=O)Cc2ncccc2C)c(C)s1. The molecule has 0 spiro atoms. The Morgan fingerprint density at radius 3 is 2.67 bits per heavy atom. The minimum Gasteiger partial charge on any atom is -0.337 e. The van der Waals surface area contributed by atoms with Gasteiger partial charge in [0.25, 0.3) is 0 Å². The van der Waals surface area contributed by atoms with Gasteiger partial charge in [-0.15, -0.1) is 11.3 Å². The fraction of sp³-hybridized carbons (Fsp3) is 0.438. The molecule has 0 aliphatic heterocycles. The van der Waals surface area contributed by atoms with Gasteiger partial charge in [0.05, 0.1) is 28.9 Å². The molecule has 2 rings (SSSR count). The van der Waals surface area contributed by atoms with Crippen LogP contribution in [0, 0.1) is 20.8 Å². The summed E-state index contributed by atoms with van der Waals surface area (Å²) in [4.78, 5) is 24.2. The van der Waals surface area contributed by atoms with Gasteiger partial charge >= 0.3 is 0 Å². The fourth-order valence-corrected chi connectivity index (χ4v) is 3.21. The van der Waals surface area contributed by atoms with Crippen LogP contribution in [-0.4, -0.2) is 27.8 Å². The molecule has 0 bridgehead atoms. The van der Waals surface area contributed by atoms with E-state index in [2.05, 4.69) is 16.9 Å². The monoisotopic (exact) mass is 303 g/mol. The van der Waals surface area contributed by atoms with Gasteiger partial charge in [-0.1, -0.05) is 6.07 Å². The number of rotatable bonds is 4. The normalized spacial score (nSPS) is 12.2. The largest absolute Gasteiger partial charge is 0.337 e. The number of likely N-dealkylation sites (N-methyl/N-ethyl adjacent to an activating group) is 1. The fourth-order valence-electron chi connectivity index (χ4n) is 2.30. The van der Waals surface area contributed by atoms with Crippen molar-refractivity contribution in [1.82, 2.24) is 14.9 Å². The van der Waals surface area contributed by atoms with Crippen molar-refractivity contribution in [3.63, 3.8) is 0 Å². The summed E-state index contributed by atoms with van der Waals surface area (Å²) < 4.78 is 0. The molecule has 2 aromatic heterocycles. The molecule has 4 nitrogen and oxygen atoms in total.